The molecular weight excluding hydrogens is 831 g/mol. The van der Waals surface area contributed by atoms with Crippen LogP contribution in [-0.4, -0.2) is 0 Å². The highest BCUT2D eigenvalue weighted by Gasteiger charge is 2.62. The Hall–Kier alpha value is -7.22. The van der Waals surface area contributed by atoms with E-state index in [9.17, 15) is 0 Å². The fourth-order valence-electron chi connectivity index (χ4n) is 17.0. The summed E-state index contributed by atoms with van der Waals surface area (Å²) >= 11 is 0. The van der Waals surface area contributed by atoms with E-state index in [1.807, 2.05) is 0 Å². The molecule has 1 heteroatoms. The Morgan fingerprint density at radius 1 is 0.348 bits per heavy atom. The standard InChI is InChI=1S/C68H53N/c1-66(2)55-25-9-3-20-49(55)52-23-15-24-53(65(52)66)51-21-8-14-31-62(51)69(45-33-34-50-48-19-4-10-26-56(48)67(61(50)40-45)43-36-41-35-42(38-43)39-44(67)37-41)63-32-16-30-60-64(63)54-22-7-13-29-59(54)68(60)57-27-11-5-17-46(57)47-18-6-12-28-58(47)68/h3-34,40-44H,35-39H2,1-2H3. The van der Waals surface area contributed by atoms with Gasteiger partial charge < -0.3 is 4.90 Å². The van der Waals surface area contributed by atoms with Crippen LogP contribution in [0.15, 0.2) is 200 Å². The second kappa shape index (κ2) is 13.5. The highest BCUT2D eigenvalue weighted by Crippen LogP contribution is 2.70. The van der Waals surface area contributed by atoms with Gasteiger partial charge in [0.05, 0.1) is 16.8 Å². The van der Waals surface area contributed by atoms with Crippen LogP contribution >= 0.6 is 0 Å². The number of benzene rings is 9. The molecule has 0 saturated heterocycles. The van der Waals surface area contributed by atoms with Gasteiger partial charge in [-0.15, -0.1) is 0 Å². The van der Waals surface area contributed by atoms with Gasteiger partial charge in [-0.05, 0) is 169 Å². The van der Waals surface area contributed by atoms with Gasteiger partial charge in [-0.25, -0.2) is 0 Å². The molecule has 9 aromatic rings. The molecule has 0 heterocycles. The maximum atomic E-state index is 2.71. The first-order valence-electron chi connectivity index (χ1n) is 25.8. The van der Waals surface area contributed by atoms with Crippen LogP contribution in [0, 0.1) is 23.7 Å². The molecule has 0 radical (unpaired) electrons. The second-order valence-corrected chi connectivity index (χ2v) is 22.3. The summed E-state index contributed by atoms with van der Waals surface area (Å²) in [4.78, 5) is 2.71. The summed E-state index contributed by atoms with van der Waals surface area (Å²) in [6, 6.07) is 77.8. The average molecular weight is 884 g/mol. The lowest BCUT2D eigenvalue weighted by Crippen LogP contribution is -2.55. The summed E-state index contributed by atoms with van der Waals surface area (Å²) in [6.45, 7) is 4.86. The van der Waals surface area contributed by atoms with Crippen molar-refractivity contribution in [2.75, 3.05) is 4.90 Å². The second-order valence-electron chi connectivity index (χ2n) is 22.3. The zero-order chi connectivity index (χ0) is 45.4. The third kappa shape index (κ3) is 4.68. The predicted molar refractivity (Wildman–Crippen MR) is 284 cm³/mol. The molecule has 4 bridgehead atoms. The van der Waals surface area contributed by atoms with E-state index in [1.165, 1.54) is 138 Å². The number of hydrogen-bond donors (Lipinski definition) is 0. The Balaban J connectivity index is 0.994. The van der Waals surface area contributed by atoms with Crippen molar-refractivity contribution in [1.29, 1.82) is 0 Å². The van der Waals surface area contributed by atoms with E-state index in [-0.39, 0.29) is 10.8 Å². The summed E-state index contributed by atoms with van der Waals surface area (Å²) in [5.41, 5.74) is 28.1. The minimum atomic E-state index is -0.444. The molecule has 0 amide bonds. The molecule has 4 fully saturated rings. The number of hydrogen-bond acceptors (Lipinski definition) is 1. The summed E-state index contributed by atoms with van der Waals surface area (Å²) in [5.74, 6) is 3.12. The largest absolute Gasteiger partial charge is 0.309 e. The zero-order valence-corrected chi connectivity index (χ0v) is 39.3. The van der Waals surface area contributed by atoms with Gasteiger partial charge in [-0.2, -0.15) is 0 Å². The van der Waals surface area contributed by atoms with Crippen LogP contribution in [0.3, 0.4) is 0 Å². The highest BCUT2D eigenvalue weighted by atomic mass is 15.1. The lowest BCUT2D eigenvalue weighted by atomic mass is 9.43. The number of nitrogens with zero attached hydrogens (tertiary/aromatic N) is 1. The first kappa shape index (κ1) is 38.7. The normalized spacial score (nSPS) is 23.2. The molecule has 0 N–H and O–H groups in total. The van der Waals surface area contributed by atoms with Crippen LogP contribution in [-0.2, 0) is 16.2 Å². The summed E-state index contributed by atoms with van der Waals surface area (Å²) < 4.78 is 0. The maximum absolute atomic E-state index is 2.71. The van der Waals surface area contributed by atoms with Crippen LogP contribution in [0.25, 0.3) is 55.6 Å². The lowest BCUT2D eigenvalue weighted by Gasteiger charge is -2.61. The van der Waals surface area contributed by atoms with Gasteiger partial charge in [0, 0.05) is 27.6 Å². The minimum absolute atomic E-state index is 0.0448. The third-order valence-corrected chi connectivity index (χ3v) is 19.1. The molecule has 9 aromatic carbocycles. The fraction of sp³-hybridized carbons (Fsp3) is 0.206. The molecule has 8 aliphatic rings. The van der Waals surface area contributed by atoms with Crippen molar-refractivity contribution in [3.05, 3.63) is 245 Å². The van der Waals surface area contributed by atoms with Crippen LogP contribution in [0.5, 0.6) is 0 Å². The topological polar surface area (TPSA) is 3.24 Å². The molecule has 17 rings (SSSR count). The Morgan fingerprint density at radius 3 is 1.43 bits per heavy atom. The van der Waals surface area contributed by atoms with E-state index in [0.29, 0.717) is 11.8 Å². The van der Waals surface area contributed by atoms with E-state index in [1.54, 1.807) is 11.1 Å². The quantitative estimate of drug-likeness (QED) is 0.170. The molecule has 8 aliphatic carbocycles. The SMILES string of the molecule is CC1(C)c2ccccc2-c2cccc(-c3ccccc3N(c3ccc4c(c3)C3(c5ccccc5-4)C4CC5CC(C4)CC3C5)c3cccc4c3-c3ccccc3C43c4ccccc4-c4ccccc43)c21. The third-order valence-electron chi connectivity index (χ3n) is 19.1. The summed E-state index contributed by atoms with van der Waals surface area (Å²) in [5, 5.41) is 0. The molecule has 0 atom stereocenters. The van der Waals surface area contributed by atoms with Crippen LogP contribution in [0.2, 0.25) is 0 Å². The monoisotopic (exact) mass is 883 g/mol. The van der Waals surface area contributed by atoms with Crippen molar-refractivity contribution in [3.63, 3.8) is 0 Å². The van der Waals surface area contributed by atoms with Crippen LogP contribution < -0.4 is 4.90 Å². The van der Waals surface area contributed by atoms with Gasteiger partial charge in [0.2, 0.25) is 0 Å². The van der Waals surface area contributed by atoms with Gasteiger partial charge >= 0.3 is 0 Å². The van der Waals surface area contributed by atoms with Crippen molar-refractivity contribution in [1.82, 2.24) is 0 Å². The number of rotatable bonds is 4. The zero-order valence-electron chi connectivity index (χ0n) is 39.3. The van der Waals surface area contributed by atoms with E-state index < -0.39 is 5.41 Å². The molecule has 69 heavy (non-hydrogen) atoms. The van der Waals surface area contributed by atoms with E-state index in [0.717, 1.165) is 11.8 Å². The van der Waals surface area contributed by atoms with Gasteiger partial charge in [0.15, 0.2) is 0 Å². The van der Waals surface area contributed by atoms with Crippen LogP contribution in [0.1, 0.15) is 90.5 Å². The Bertz CT molecular complexity index is 3620. The Labute approximate surface area is 406 Å². The molecular formula is C68H53N. The number of fused-ring (bicyclic) bond motifs is 16. The average Bonchev–Trinajstić information content (AvgIpc) is 4.05. The van der Waals surface area contributed by atoms with Crippen molar-refractivity contribution in [3.8, 4) is 55.6 Å². The Kier molecular flexibility index (Phi) is 7.58. The van der Waals surface area contributed by atoms with Gasteiger partial charge in [0.1, 0.15) is 0 Å². The van der Waals surface area contributed by atoms with E-state index >= 15 is 0 Å². The molecule has 0 unspecified atom stereocenters. The predicted octanol–water partition coefficient (Wildman–Crippen LogP) is 17.2. The molecule has 0 aliphatic heterocycles. The maximum Gasteiger partial charge on any atom is 0.0726 e. The molecule has 4 saturated carbocycles. The minimum Gasteiger partial charge on any atom is -0.309 e. The summed E-state index contributed by atoms with van der Waals surface area (Å²) in [6.07, 6.45) is 6.90. The van der Waals surface area contributed by atoms with Gasteiger partial charge in [-0.3, -0.25) is 0 Å². The lowest BCUT2D eigenvalue weighted by molar-refractivity contribution is -0.0399. The van der Waals surface area contributed by atoms with Crippen molar-refractivity contribution in [2.45, 2.75) is 62.2 Å². The van der Waals surface area contributed by atoms with E-state index in [4.69, 9.17) is 0 Å². The number of anilines is 3. The molecule has 2 spiro atoms. The van der Waals surface area contributed by atoms with Gasteiger partial charge in [0.25, 0.3) is 0 Å². The Morgan fingerprint density at radius 2 is 0.783 bits per heavy atom. The first-order valence-corrected chi connectivity index (χ1v) is 25.8. The van der Waals surface area contributed by atoms with E-state index in [2.05, 4.69) is 219 Å². The van der Waals surface area contributed by atoms with Gasteiger partial charge in [-0.1, -0.05) is 190 Å². The highest BCUT2D eigenvalue weighted by molar-refractivity contribution is 6.03. The summed E-state index contributed by atoms with van der Waals surface area (Å²) in [7, 11) is 0. The van der Waals surface area contributed by atoms with Crippen molar-refractivity contribution in [2.24, 2.45) is 23.7 Å². The first-order chi connectivity index (χ1) is 34.0. The van der Waals surface area contributed by atoms with Crippen molar-refractivity contribution >= 4 is 17.1 Å². The number of para-hydroxylation sites is 1. The molecule has 330 valence electrons. The van der Waals surface area contributed by atoms with Crippen molar-refractivity contribution < 1.29 is 0 Å². The molecule has 1 nitrogen and oxygen atoms in total. The smallest absolute Gasteiger partial charge is 0.0726 e. The molecule has 0 aromatic heterocycles. The fourth-order valence-corrected chi connectivity index (χ4v) is 17.0. The van der Waals surface area contributed by atoms with Crippen LogP contribution in [0.4, 0.5) is 17.1 Å².